The number of aromatic amines is 1. The molecule has 2 aliphatic heterocycles. The van der Waals surface area contributed by atoms with Crippen molar-refractivity contribution < 1.29 is 0 Å². The van der Waals surface area contributed by atoms with Crippen LogP contribution in [0.3, 0.4) is 0 Å². The highest BCUT2D eigenvalue weighted by atomic mass is 16.1. The van der Waals surface area contributed by atoms with E-state index in [1.54, 1.807) is 10.8 Å². The molecule has 0 atom stereocenters. The molecule has 0 aromatic heterocycles. The van der Waals surface area contributed by atoms with Gasteiger partial charge in [-0.3, -0.25) is 9.89 Å². The van der Waals surface area contributed by atoms with Crippen LogP contribution in [-0.4, -0.2) is 33.8 Å². The molecule has 0 saturated heterocycles. The van der Waals surface area contributed by atoms with Crippen molar-refractivity contribution in [1.29, 1.82) is 0 Å². The van der Waals surface area contributed by atoms with Crippen molar-refractivity contribution in [2.24, 2.45) is 0 Å². The fourth-order valence-corrected chi connectivity index (χ4v) is 2.17. The molecular weight excluding hydrogens is 278 g/mol. The molecule has 0 fully saturated rings. The zero-order valence-electron chi connectivity index (χ0n) is 12.8. The molecule has 0 saturated carbocycles. The molecule has 1 aromatic carbocycles. The molecular formula is C16H17N5O. The van der Waals surface area contributed by atoms with E-state index in [0.717, 1.165) is 16.9 Å². The van der Waals surface area contributed by atoms with Crippen LogP contribution in [0, 0.1) is 6.92 Å². The molecule has 3 rings (SSSR count). The minimum absolute atomic E-state index is 0.314. The van der Waals surface area contributed by atoms with Gasteiger partial charge in [0.05, 0.1) is 11.0 Å². The minimum Gasteiger partial charge on any atom is -0.378 e. The third-order valence-electron chi connectivity index (χ3n) is 3.53. The van der Waals surface area contributed by atoms with Gasteiger partial charge in [-0.1, -0.05) is 18.7 Å². The van der Waals surface area contributed by atoms with Crippen molar-refractivity contribution >= 4 is 18.3 Å². The molecule has 0 radical (unpaired) electrons. The first-order valence-electron chi connectivity index (χ1n) is 6.89. The Labute approximate surface area is 127 Å². The van der Waals surface area contributed by atoms with Gasteiger partial charge in [-0.05, 0) is 30.7 Å². The van der Waals surface area contributed by atoms with Gasteiger partial charge in [0.1, 0.15) is 5.35 Å². The van der Waals surface area contributed by atoms with Crippen LogP contribution in [0.25, 0.3) is 18.6 Å². The minimum atomic E-state index is -0.314. The number of rotatable bonds is 2. The van der Waals surface area contributed by atoms with E-state index in [9.17, 15) is 4.79 Å². The second kappa shape index (κ2) is 5.14. The molecule has 2 aliphatic rings. The summed E-state index contributed by atoms with van der Waals surface area (Å²) in [4.78, 5) is 22.3. The highest BCUT2D eigenvalue weighted by Gasteiger charge is 2.11. The van der Waals surface area contributed by atoms with Crippen LogP contribution in [0.1, 0.15) is 11.3 Å². The van der Waals surface area contributed by atoms with Crippen molar-refractivity contribution in [2.75, 3.05) is 19.0 Å². The number of imidazole rings is 1. The predicted molar refractivity (Wildman–Crippen MR) is 87.0 cm³/mol. The van der Waals surface area contributed by atoms with Crippen LogP contribution in [0.4, 0.5) is 5.69 Å². The van der Waals surface area contributed by atoms with Crippen LogP contribution < -0.4 is 21.2 Å². The third-order valence-corrected chi connectivity index (χ3v) is 3.53. The number of nitrogens with one attached hydrogen (secondary N) is 1. The Kier molecular flexibility index (Phi) is 3.29. The smallest absolute Gasteiger partial charge is 0.299 e. The van der Waals surface area contributed by atoms with E-state index in [0.29, 0.717) is 16.6 Å². The summed E-state index contributed by atoms with van der Waals surface area (Å²) in [5.41, 5.74) is 2.43. The Hall–Kier alpha value is -2.89. The predicted octanol–water partition coefficient (Wildman–Crippen LogP) is 0.00692. The van der Waals surface area contributed by atoms with Gasteiger partial charge in [-0.2, -0.15) is 4.98 Å². The van der Waals surface area contributed by atoms with Crippen LogP contribution >= 0.6 is 0 Å². The van der Waals surface area contributed by atoms with Gasteiger partial charge in [0.25, 0.3) is 11.5 Å². The molecule has 6 nitrogen and oxygen atoms in total. The van der Waals surface area contributed by atoms with E-state index in [4.69, 9.17) is 0 Å². The Morgan fingerprint density at radius 2 is 1.91 bits per heavy atom. The lowest BCUT2D eigenvalue weighted by Gasteiger charge is -2.11. The van der Waals surface area contributed by atoms with E-state index in [1.807, 2.05) is 50.2 Å². The van der Waals surface area contributed by atoms with Crippen molar-refractivity contribution in [3.63, 3.8) is 0 Å². The Bertz CT molecular complexity index is 950. The number of anilines is 1. The maximum Gasteiger partial charge on any atom is 0.299 e. The van der Waals surface area contributed by atoms with Gasteiger partial charge in [0.2, 0.25) is 0 Å². The van der Waals surface area contributed by atoms with E-state index >= 15 is 0 Å². The van der Waals surface area contributed by atoms with Gasteiger partial charge in [-0.25, -0.2) is 9.67 Å². The number of H-pyrrole nitrogens is 1. The maximum absolute atomic E-state index is 12.1. The third kappa shape index (κ3) is 2.39. The fraction of sp³-hybridized carbons (Fsp3) is 0.188. The average molecular weight is 295 g/mol. The molecule has 0 spiro atoms. The summed E-state index contributed by atoms with van der Waals surface area (Å²) in [5.74, 6) is 0.353. The van der Waals surface area contributed by atoms with E-state index in [2.05, 4.69) is 21.6 Å². The quantitative estimate of drug-likeness (QED) is 0.723. The Morgan fingerprint density at radius 1 is 1.23 bits per heavy atom. The largest absolute Gasteiger partial charge is 0.378 e. The number of fused-ring (bicyclic) bond motifs is 1. The number of hydrogen-bond donors (Lipinski definition) is 1. The first kappa shape index (κ1) is 14.1. The monoisotopic (exact) mass is 295 g/mol. The summed E-state index contributed by atoms with van der Waals surface area (Å²) < 4.78 is 1.57. The summed E-state index contributed by atoms with van der Waals surface area (Å²) in [6.45, 7) is 5.69. The lowest BCUT2D eigenvalue weighted by molar-refractivity contribution is 0.746. The Balaban J connectivity index is 2.17. The van der Waals surface area contributed by atoms with Crippen LogP contribution in [-0.2, 0) is 0 Å². The summed E-state index contributed by atoms with van der Waals surface area (Å²) >= 11 is 0. The number of aromatic nitrogens is 4. The Morgan fingerprint density at radius 3 is 2.55 bits per heavy atom. The van der Waals surface area contributed by atoms with Gasteiger partial charge in [-0.15, -0.1) is 0 Å². The van der Waals surface area contributed by atoms with Gasteiger partial charge in [0, 0.05) is 19.8 Å². The topological polar surface area (TPSA) is 66.8 Å². The molecule has 22 heavy (non-hydrogen) atoms. The summed E-state index contributed by atoms with van der Waals surface area (Å²) in [5, 5.41) is 4.13. The van der Waals surface area contributed by atoms with E-state index in [-0.39, 0.29) is 5.56 Å². The SMILES string of the molecule is C=c1[nH]n2/c(=C/c3ccc(N(C)C)cc3)c(=O)nc-2nc1C. The molecule has 0 amide bonds. The lowest BCUT2D eigenvalue weighted by atomic mass is 10.2. The summed E-state index contributed by atoms with van der Waals surface area (Å²) in [6.07, 6.45) is 1.79. The van der Waals surface area contributed by atoms with Crippen molar-refractivity contribution in [1.82, 2.24) is 19.7 Å². The van der Waals surface area contributed by atoms with Crippen molar-refractivity contribution in [3.8, 4) is 5.95 Å². The number of hydrogen-bond acceptors (Lipinski definition) is 4. The highest BCUT2D eigenvalue weighted by molar-refractivity contribution is 5.55. The molecule has 0 bridgehead atoms. The maximum atomic E-state index is 12.1. The molecule has 6 heteroatoms. The van der Waals surface area contributed by atoms with E-state index in [1.165, 1.54) is 0 Å². The van der Waals surface area contributed by atoms with Crippen LogP contribution in [0.15, 0.2) is 29.1 Å². The van der Waals surface area contributed by atoms with Crippen LogP contribution in [0.2, 0.25) is 0 Å². The summed E-state index contributed by atoms with van der Waals surface area (Å²) in [6, 6.07) is 7.92. The molecule has 2 heterocycles. The number of nitrogens with zero attached hydrogens (tertiary/aromatic N) is 4. The average Bonchev–Trinajstić information content (AvgIpc) is 2.76. The highest BCUT2D eigenvalue weighted by Crippen LogP contribution is 2.12. The normalized spacial score (nSPS) is 12.0. The second-order valence-electron chi connectivity index (χ2n) is 5.36. The molecule has 1 N–H and O–H groups in total. The van der Waals surface area contributed by atoms with Gasteiger partial charge >= 0.3 is 0 Å². The van der Waals surface area contributed by atoms with Crippen molar-refractivity contribution in [2.45, 2.75) is 6.92 Å². The van der Waals surface area contributed by atoms with Gasteiger partial charge in [0.15, 0.2) is 0 Å². The summed E-state index contributed by atoms with van der Waals surface area (Å²) in [7, 11) is 3.97. The fourth-order valence-electron chi connectivity index (χ4n) is 2.17. The van der Waals surface area contributed by atoms with Crippen LogP contribution in [0.5, 0.6) is 0 Å². The van der Waals surface area contributed by atoms with E-state index < -0.39 is 0 Å². The zero-order chi connectivity index (χ0) is 15.9. The van der Waals surface area contributed by atoms with Crippen molar-refractivity contribution in [3.05, 3.63) is 56.6 Å². The molecule has 0 unspecified atom stereocenters. The molecule has 112 valence electrons. The standard InChI is InChI=1S/C16H17N5O/c1-10-11(2)19-21-14(15(22)18-16(21)17-10)9-12-5-7-13(8-6-12)20(3)4/h5-9,19H,2H2,1,3-4H3/b14-9+. The number of benzene rings is 1. The molecule has 1 aromatic rings. The van der Waals surface area contributed by atoms with Gasteiger partial charge < -0.3 is 4.90 Å². The lowest BCUT2D eigenvalue weighted by Crippen LogP contribution is -2.32. The molecule has 0 aliphatic carbocycles. The zero-order valence-corrected chi connectivity index (χ0v) is 12.8. The second-order valence-corrected chi connectivity index (χ2v) is 5.36. The first-order chi connectivity index (χ1) is 10.5. The number of aryl methyl sites for hydroxylation is 1. The first-order valence-corrected chi connectivity index (χ1v) is 6.89.